The van der Waals surface area contributed by atoms with Gasteiger partial charge < -0.3 is 0 Å². The minimum absolute atomic E-state index is 0.0988. The van der Waals surface area contributed by atoms with Crippen LogP contribution in [-0.4, -0.2) is 11.6 Å². The van der Waals surface area contributed by atoms with Crippen LogP contribution in [0.25, 0.3) is 0 Å². The average molecular weight is 389 g/mol. The molecule has 0 N–H and O–H groups in total. The lowest BCUT2D eigenvalue weighted by Gasteiger charge is -2.24. The third kappa shape index (κ3) is 5.44. The van der Waals surface area contributed by atoms with Gasteiger partial charge in [-0.2, -0.15) is 0 Å². The van der Waals surface area contributed by atoms with Crippen LogP contribution in [0, 0.1) is 5.92 Å². The second kappa shape index (κ2) is 9.52. The molecule has 1 atom stereocenters. The maximum atomic E-state index is 12.3. The first kappa shape index (κ1) is 20.1. The lowest BCUT2D eigenvalue weighted by Crippen LogP contribution is -2.16. The van der Waals surface area contributed by atoms with Gasteiger partial charge in [0.15, 0.2) is 0 Å². The van der Waals surface area contributed by atoms with E-state index in [1.54, 1.807) is 0 Å². The number of fused-ring (bicyclic) bond motifs is 2. The van der Waals surface area contributed by atoms with Gasteiger partial charge in [0.05, 0.1) is 6.42 Å². The molecule has 2 aliphatic rings. The molecule has 1 unspecified atom stereocenters. The first-order chi connectivity index (χ1) is 14.2. The second-order valence-corrected chi connectivity index (χ2v) is 8.98. The quantitative estimate of drug-likeness (QED) is 0.551. The summed E-state index contributed by atoms with van der Waals surface area (Å²) in [6.45, 7) is 0. The topological polar surface area (TPSA) is 34.1 Å². The summed E-state index contributed by atoms with van der Waals surface area (Å²) in [5.74, 6) is 0.806. The van der Waals surface area contributed by atoms with Crippen LogP contribution in [0.1, 0.15) is 72.8 Å². The summed E-state index contributed by atoms with van der Waals surface area (Å²) in [7, 11) is 0. The summed E-state index contributed by atoms with van der Waals surface area (Å²) in [5.41, 5.74) is 7.09. The van der Waals surface area contributed by atoms with E-state index in [0.717, 1.165) is 32.1 Å². The molecule has 2 aliphatic carbocycles. The zero-order valence-electron chi connectivity index (χ0n) is 17.4. The fraction of sp³-hybridized carbons (Fsp3) is 0.481. The molecule has 4 rings (SSSR count). The van der Waals surface area contributed by atoms with Gasteiger partial charge >= 0.3 is 0 Å². The van der Waals surface area contributed by atoms with Crippen LogP contribution in [0.2, 0.25) is 0 Å². The molecular formula is C27H32O2. The molecule has 2 nitrogen and oxygen atoms in total. The number of hydrogen-bond acceptors (Lipinski definition) is 2. The Bertz CT molecular complexity index is 880. The Hall–Kier alpha value is -2.22. The number of aryl methyl sites for hydroxylation is 4. The number of ketones is 2. The van der Waals surface area contributed by atoms with Crippen molar-refractivity contribution in [3.8, 4) is 0 Å². The minimum atomic E-state index is 0.0988. The van der Waals surface area contributed by atoms with Crippen LogP contribution < -0.4 is 0 Å². The van der Waals surface area contributed by atoms with Gasteiger partial charge in [0, 0.05) is 12.8 Å². The summed E-state index contributed by atoms with van der Waals surface area (Å²) in [6.07, 6.45) is 11.1. The highest BCUT2D eigenvalue weighted by atomic mass is 16.1. The second-order valence-electron chi connectivity index (χ2n) is 8.98. The number of Topliss-reactive ketones (excluding diaryl/α,β-unsaturated/α-hetero) is 2. The summed E-state index contributed by atoms with van der Waals surface area (Å²) in [4.78, 5) is 24.6. The number of benzene rings is 2. The highest BCUT2D eigenvalue weighted by Crippen LogP contribution is 2.28. The standard InChI is InChI=1S/C27H32O2/c28-26(15-11-20-9-13-22-5-1-3-7-24(22)17-20)19-27(29)16-12-21-10-14-23-6-2-4-8-25(23)18-21/h1,3,5,7,10,14,18,20H,2,4,6,8-9,11-13,15-17,19H2. The third-order valence-electron chi connectivity index (χ3n) is 6.78. The molecule has 0 aromatic heterocycles. The van der Waals surface area contributed by atoms with Gasteiger partial charge in [-0.25, -0.2) is 0 Å². The van der Waals surface area contributed by atoms with E-state index in [9.17, 15) is 9.59 Å². The van der Waals surface area contributed by atoms with Crippen molar-refractivity contribution in [1.29, 1.82) is 0 Å². The molecule has 0 radical (unpaired) electrons. The molecule has 152 valence electrons. The van der Waals surface area contributed by atoms with Crippen LogP contribution in [0.15, 0.2) is 42.5 Å². The normalized spacial score (nSPS) is 18.0. The van der Waals surface area contributed by atoms with E-state index in [2.05, 4.69) is 42.5 Å². The predicted octanol–water partition coefficient (Wildman–Crippen LogP) is 5.61. The molecule has 2 heteroatoms. The van der Waals surface area contributed by atoms with Gasteiger partial charge in [-0.1, -0.05) is 42.5 Å². The number of rotatable bonds is 8. The maximum Gasteiger partial charge on any atom is 0.140 e. The Balaban J connectivity index is 1.19. The zero-order chi connectivity index (χ0) is 20.1. The molecule has 29 heavy (non-hydrogen) atoms. The van der Waals surface area contributed by atoms with E-state index < -0.39 is 0 Å². The molecule has 0 aliphatic heterocycles. The molecular weight excluding hydrogens is 356 g/mol. The summed E-state index contributed by atoms with van der Waals surface area (Å²) in [6, 6.07) is 15.3. The van der Waals surface area contributed by atoms with E-state index >= 15 is 0 Å². The van der Waals surface area contributed by atoms with Crippen molar-refractivity contribution in [2.45, 2.75) is 77.0 Å². The van der Waals surface area contributed by atoms with Crippen molar-refractivity contribution >= 4 is 11.6 Å². The number of carbonyl (C=O) groups excluding carboxylic acids is 2. The fourth-order valence-electron chi connectivity index (χ4n) is 5.01. The van der Waals surface area contributed by atoms with Crippen molar-refractivity contribution in [2.75, 3.05) is 0 Å². The van der Waals surface area contributed by atoms with Crippen molar-refractivity contribution in [3.63, 3.8) is 0 Å². The first-order valence-corrected chi connectivity index (χ1v) is 11.4. The summed E-state index contributed by atoms with van der Waals surface area (Å²) >= 11 is 0. The smallest absolute Gasteiger partial charge is 0.140 e. The Kier molecular flexibility index (Phi) is 6.59. The molecule has 2 aromatic rings. The molecule has 2 aromatic carbocycles. The fourth-order valence-corrected chi connectivity index (χ4v) is 5.01. The van der Waals surface area contributed by atoms with Gasteiger partial charge in [-0.15, -0.1) is 0 Å². The summed E-state index contributed by atoms with van der Waals surface area (Å²) < 4.78 is 0. The van der Waals surface area contributed by atoms with Gasteiger partial charge in [0.2, 0.25) is 0 Å². The largest absolute Gasteiger partial charge is 0.299 e. The third-order valence-corrected chi connectivity index (χ3v) is 6.78. The van der Waals surface area contributed by atoms with Crippen molar-refractivity contribution in [1.82, 2.24) is 0 Å². The van der Waals surface area contributed by atoms with Crippen LogP contribution in [0.3, 0.4) is 0 Å². The highest BCUT2D eigenvalue weighted by molar-refractivity contribution is 5.99. The Morgan fingerprint density at radius 1 is 0.793 bits per heavy atom. The molecule has 0 fully saturated rings. The van der Waals surface area contributed by atoms with Gasteiger partial charge in [0.25, 0.3) is 0 Å². The minimum Gasteiger partial charge on any atom is -0.299 e. The SMILES string of the molecule is O=C(CCc1ccc2c(c1)CCCC2)CC(=O)CCC1CCc2ccccc2C1. The Morgan fingerprint density at radius 2 is 1.52 bits per heavy atom. The van der Waals surface area contributed by atoms with Crippen molar-refractivity contribution in [3.05, 3.63) is 70.3 Å². The average Bonchev–Trinajstić information content (AvgIpc) is 2.76. The van der Waals surface area contributed by atoms with Crippen LogP contribution in [0.4, 0.5) is 0 Å². The zero-order valence-corrected chi connectivity index (χ0v) is 17.4. The van der Waals surface area contributed by atoms with Gasteiger partial charge in [0.1, 0.15) is 11.6 Å². The van der Waals surface area contributed by atoms with E-state index in [-0.39, 0.29) is 18.0 Å². The van der Waals surface area contributed by atoms with E-state index in [4.69, 9.17) is 0 Å². The molecule has 0 bridgehead atoms. The van der Waals surface area contributed by atoms with Crippen molar-refractivity contribution < 1.29 is 9.59 Å². The van der Waals surface area contributed by atoms with Crippen LogP contribution >= 0.6 is 0 Å². The van der Waals surface area contributed by atoms with Crippen LogP contribution in [0.5, 0.6) is 0 Å². The van der Waals surface area contributed by atoms with Crippen molar-refractivity contribution in [2.24, 2.45) is 5.92 Å². The van der Waals surface area contributed by atoms with Gasteiger partial charge in [-0.3, -0.25) is 9.59 Å². The monoisotopic (exact) mass is 388 g/mol. The number of carbonyl (C=O) groups is 2. The van der Waals surface area contributed by atoms with Crippen LogP contribution in [-0.2, 0) is 41.7 Å². The summed E-state index contributed by atoms with van der Waals surface area (Å²) in [5, 5.41) is 0. The Labute approximate surface area is 174 Å². The van der Waals surface area contributed by atoms with E-state index in [0.29, 0.717) is 18.8 Å². The molecule has 0 saturated heterocycles. The lowest BCUT2D eigenvalue weighted by atomic mass is 9.81. The van der Waals surface area contributed by atoms with E-state index in [1.807, 2.05) is 0 Å². The molecule has 0 spiro atoms. The number of hydrogen-bond donors (Lipinski definition) is 0. The first-order valence-electron chi connectivity index (χ1n) is 11.4. The van der Waals surface area contributed by atoms with Gasteiger partial charge in [-0.05, 0) is 91.5 Å². The Morgan fingerprint density at radius 3 is 2.38 bits per heavy atom. The predicted molar refractivity (Wildman–Crippen MR) is 117 cm³/mol. The van der Waals surface area contributed by atoms with E-state index in [1.165, 1.54) is 53.5 Å². The molecule has 0 saturated carbocycles. The lowest BCUT2D eigenvalue weighted by molar-refractivity contribution is -0.127. The molecule has 0 amide bonds. The maximum absolute atomic E-state index is 12.3. The highest BCUT2D eigenvalue weighted by Gasteiger charge is 2.20. The molecule has 0 heterocycles.